The second-order valence-corrected chi connectivity index (χ2v) is 4.11. The third-order valence-corrected chi connectivity index (χ3v) is 2.59. The van der Waals surface area contributed by atoms with E-state index in [0.29, 0.717) is 26.4 Å². The Morgan fingerprint density at radius 3 is 2.58 bits per heavy atom. The van der Waals surface area contributed by atoms with Crippen LogP contribution in [0.25, 0.3) is 0 Å². The number of para-hydroxylation sites is 1. The molecule has 0 unspecified atom stereocenters. The third kappa shape index (κ3) is 6.79. The summed E-state index contributed by atoms with van der Waals surface area (Å²) in [5.41, 5.74) is 0.894. The molecule has 0 fully saturated rings. The molecule has 0 bridgehead atoms. The number of hydrogen-bond donors (Lipinski definition) is 1. The number of carbonyl (C=O) groups is 1. The van der Waals surface area contributed by atoms with Crippen molar-refractivity contribution in [2.24, 2.45) is 0 Å². The second-order valence-electron chi connectivity index (χ2n) is 4.11. The van der Waals surface area contributed by atoms with Crippen molar-refractivity contribution in [1.29, 1.82) is 0 Å². The van der Waals surface area contributed by atoms with E-state index >= 15 is 0 Å². The van der Waals surface area contributed by atoms with Crippen LogP contribution >= 0.6 is 0 Å². The maximum absolute atomic E-state index is 10.9. The quantitative estimate of drug-likeness (QED) is 0.653. The van der Waals surface area contributed by atoms with Crippen molar-refractivity contribution in [3.05, 3.63) is 30.3 Å². The van der Waals surface area contributed by atoms with Gasteiger partial charge in [-0.25, -0.2) is 0 Å². The van der Waals surface area contributed by atoms with E-state index in [-0.39, 0.29) is 6.54 Å². The number of nitrogens with zero attached hydrogens (tertiary/aromatic N) is 1. The molecule has 106 valence electrons. The van der Waals surface area contributed by atoms with E-state index in [0.717, 1.165) is 12.1 Å². The summed E-state index contributed by atoms with van der Waals surface area (Å²) in [6, 6.07) is 9.48. The average Bonchev–Trinajstić information content (AvgIpc) is 2.42. The predicted molar refractivity (Wildman–Crippen MR) is 73.6 cm³/mol. The van der Waals surface area contributed by atoms with Crippen LogP contribution in [0.5, 0.6) is 0 Å². The molecule has 5 heteroatoms. The highest BCUT2D eigenvalue weighted by atomic mass is 16.5. The molecule has 0 spiro atoms. The molecule has 0 aliphatic heterocycles. The lowest BCUT2D eigenvalue weighted by molar-refractivity contribution is -0.135. The van der Waals surface area contributed by atoms with Crippen molar-refractivity contribution >= 4 is 11.7 Å². The Kier molecular flexibility index (Phi) is 7.62. The van der Waals surface area contributed by atoms with E-state index < -0.39 is 5.97 Å². The summed E-state index contributed by atoms with van der Waals surface area (Å²) in [7, 11) is 1.66. The van der Waals surface area contributed by atoms with E-state index in [4.69, 9.17) is 14.6 Å². The smallest absolute Gasteiger partial charge is 0.323 e. The molecule has 19 heavy (non-hydrogen) atoms. The Bertz CT molecular complexity index is 356. The first-order chi connectivity index (χ1) is 9.24. The van der Waals surface area contributed by atoms with Gasteiger partial charge in [-0.15, -0.1) is 0 Å². The monoisotopic (exact) mass is 267 g/mol. The van der Waals surface area contributed by atoms with E-state index in [1.54, 1.807) is 12.0 Å². The zero-order valence-corrected chi connectivity index (χ0v) is 11.2. The van der Waals surface area contributed by atoms with Crippen molar-refractivity contribution in [3.8, 4) is 0 Å². The highest BCUT2D eigenvalue weighted by Crippen LogP contribution is 2.12. The number of ether oxygens (including phenoxy) is 2. The van der Waals surface area contributed by atoms with Gasteiger partial charge >= 0.3 is 5.97 Å². The first-order valence-electron chi connectivity index (χ1n) is 6.32. The minimum atomic E-state index is -0.844. The molecule has 0 aliphatic carbocycles. The molecule has 5 nitrogen and oxygen atoms in total. The molecule has 0 saturated carbocycles. The van der Waals surface area contributed by atoms with Crippen LogP contribution in [0.2, 0.25) is 0 Å². The van der Waals surface area contributed by atoms with E-state index in [1.807, 2.05) is 30.3 Å². The molecule has 1 aromatic carbocycles. The molecule has 0 aliphatic rings. The van der Waals surface area contributed by atoms with Gasteiger partial charge in [0, 0.05) is 32.6 Å². The summed E-state index contributed by atoms with van der Waals surface area (Å²) in [5, 5.41) is 8.92. The number of carboxylic acids is 1. The van der Waals surface area contributed by atoms with Crippen LogP contribution in [0.15, 0.2) is 30.3 Å². The molecule has 1 N–H and O–H groups in total. The topological polar surface area (TPSA) is 59.0 Å². The van der Waals surface area contributed by atoms with Crippen LogP contribution in [0.3, 0.4) is 0 Å². The number of aliphatic carboxylic acids is 1. The molecule has 0 saturated heterocycles. The summed E-state index contributed by atoms with van der Waals surface area (Å²) < 4.78 is 10.4. The fourth-order valence-electron chi connectivity index (χ4n) is 1.68. The fraction of sp³-hybridized carbons (Fsp3) is 0.500. The second kappa shape index (κ2) is 9.35. The molecule has 0 heterocycles. The fourth-order valence-corrected chi connectivity index (χ4v) is 1.68. The first kappa shape index (κ1) is 15.5. The molecule has 1 aromatic rings. The van der Waals surface area contributed by atoms with Crippen molar-refractivity contribution in [2.75, 3.05) is 44.9 Å². The predicted octanol–water partition coefficient (Wildman–Crippen LogP) is 1.63. The highest BCUT2D eigenvalue weighted by molar-refractivity contribution is 5.73. The van der Waals surface area contributed by atoms with Gasteiger partial charge < -0.3 is 19.5 Å². The average molecular weight is 267 g/mol. The lowest BCUT2D eigenvalue weighted by Crippen LogP contribution is -2.32. The summed E-state index contributed by atoms with van der Waals surface area (Å²) >= 11 is 0. The normalized spacial score (nSPS) is 10.4. The van der Waals surface area contributed by atoms with Gasteiger partial charge in [0.2, 0.25) is 0 Å². The molecule has 0 amide bonds. The van der Waals surface area contributed by atoms with Gasteiger partial charge in [0.1, 0.15) is 6.54 Å². The molecule has 1 rings (SSSR count). The Morgan fingerprint density at radius 2 is 1.95 bits per heavy atom. The lowest BCUT2D eigenvalue weighted by atomic mass is 10.3. The number of anilines is 1. The van der Waals surface area contributed by atoms with Crippen molar-refractivity contribution in [2.45, 2.75) is 6.42 Å². The zero-order valence-electron chi connectivity index (χ0n) is 11.2. The number of carboxylic acid groups (broad SMARTS) is 1. The standard InChI is InChI=1S/C14H21NO4/c1-18-9-5-10-19-11-8-15(12-14(16)17)13-6-3-2-4-7-13/h2-4,6-7H,5,8-12H2,1H3,(H,16,17). The first-order valence-corrected chi connectivity index (χ1v) is 6.32. The van der Waals surface area contributed by atoms with Crippen LogP contribution in [0.1, 0.15) is 6.42 Å². The molecular formula is C14H21NO4. The van der Waals surface area contributed by atoms with Gasteiger partial charge in [-0.2, -0.15) is 0 Å². The summed E-state index contributed by atoms with van der Waals surface area (Å²) in [5.74, 6) is -0.844. The Labute approximate surface area is 113 Å². The van der Waals surface area contributed by atoms with E-state index in [1.165, 1.54) is 0 Å². The summed E-state index contributed by atoms with van der Waals surface area (Å²) in [4.78, 5) is 12.6. The maximum atomic E-state index is 10.9. The largest absolute Gasteiger partial charge is 0.480 e. The molecule has 0 aromatic heterocycles. The van der Waals surface area contributed by atoms with Crippen LogP contribution in [0, 0.1) is 0 Å². The van der Waals surface area contributed by atoms with Gasteiger partial charge in [-0.05, 0) is 18.6 Å². The molecule has 0 radical (unpaired) electrons. The minimum Gasteiger partial charge on any atom is -0.480 e. The van der Waals surface area contributed by atoms with Crippen LogP contribution < -0.4 is 4.90 Å². The minimum absolute atomic E-state index is 0.0224. The number of benzene rings is 1. The van der Waals surface area contributed by atoms with Crippen molar-refractivity contribution < 1.29 is 19.4 Å². The van der Waals surface area contributed by atoms with Gasteiger partial charge in [-0.1, -0.05) is 18.2 Å². The van der Waals surface area contributed by atoms with Gasteiger partial charge in [0.15, 0.2) is 0 Å². The van der Waals surface area contributed by atoms with Gasteiger partial charge in [-0.3, -0.25) is 4.79 Å². The van der Waals surface area contributed by atoms with E-state index in [2.05, 4.69) is 0 Å². The van der Waals surface area contributed by atoms with Crippen LogP contribution in [0.4, 0.5) is 5.69 Å². The Balaban J connectivity index is 2.36. The van der Waals surface area contributed by atoms with Crippen molar-refractivity contribution in [1.82, 2.24) is 0 Å². The van der Waals surface area contributed by atoms with E-state index in [9.17, 15) is 4.79 Å². The Morgan fingerprint density at radius 1 is 1.21 bits per heavy atom. The van der Waals surface area contributed by atoms with Gasteiger partial charge in [0.25, 0.3) is 0 Å². The maximum Gasteiger partial charge on any atom is 0.323 e. The van der Waals surface area contributed by atoms with Gasteiger partial charge in [0.05, 0.1) is 6.61 Å². The number of hydrogen-bond acceptors (Lipinski definition) is 4. The van der Waals surface area contributed by atoms with Crippen LogP contribution in [-0.4, -0.2) is 51.1 Å². The Hall–Kier alpha value is -1.59. The van der Waals surface area contributed by atoms with Crippen molar-refractivity contribution in [3.63, 3.8) is 0 Å². The number of rotatable bonds is 10. The third-order valence-electron chi connectivity index (χ3n) is 2.59. The SMILES string of the molecule is COCCCOCCN(CC(=O)O)c1ccccc1. The summed E-state index contributed by atoms with van der Waals surface area (Å²) in [6.07, 6.45) is 0.848. The zero-order chi connectivity index (χ0) is 13.9. The molecule has 0 atom stereocenters. The lowest BCUT2D eigenvalue weighted by Gasteiger charge is -2.22. The summed E-state index contributed by atoms with van der Waals surface area (Å²) in [6.45, 7) is 2.35. The van der Waals surface area contributed by atoms with Crippen LogP contribution in [-0.2, 0) is 14.3 Å². The number of methoxy groups -OCH3 is 1. The highest BCUT2D eigenvalue weighted by Gasteiger charge is 2.09. The molecular weight excluding hydrogens is 246 g/mol.